The normalized spacial score (nSPS) is 13.2. The number of carbonyl (C=O) groups excluding carboxylic acids is 1. The summed E-state index contributed by atoms with van der Waals surface area (Å²) in [6, 6.07) is 6.00. The van der Waals surface area contributed by atoms with Gasteiger partial charge in [-0.05, 0) is 24.8 Å². The topological polar surface area (TPSA) is 63.7 Å². The van der Waals surface area contributed by atoms with Crippen molar-refractivity contribution < 1.29 is 17.9 Å². The van der Waals surface area contributed by atoms with Gasteiger partial charge in [0.2, 0.25) is 10.0 Å². The first-order valence-electron chi connectivity index (χ1n) is 6.54. The van der Waals surface area contributed by atoms with E-state index >= 15 is 0 Å². The number of benzene rings is 1. The molecule has 1 atom stereocenters. The number of esters is 1. The largest absolute Gasteiger partial charge is 0.465 e. The summed E-state index contributed by atoms with van der Waals surface area (Å²) in [5.74, 6) is 0.0487. The first-order chi connectivity index (χ1) is 9.89. The zero-order valence-electron chi connectivity index (χ0n) is 12.7. The van der Waals surface area contributed by atoms with E-state index in [0.717, 1.165) is 0 Å². The van der Waals surface area contributed by atoms with Crippen molar-refractivity contribution in [3.05, 3.63) is 29.8 Å². The zero-order valence-corrected chi connectivity index (χ0v) is 14.3. The van der Waals surface area contributed by atoms with Crippen LogP contribution in [-0.4, -0.2) is 50.9 Å². The maximum absolute atomic E-state index is 12.8. The second-order valence-corrected chi connectivity index (χ2v) is 7.40. The SMILES string of the molecule is CCC(CSC)N(C)S(=O)(=O)c1ccccc1C(=O)OC. The van der Waals surface area contributed by atoms with Gasteiger partial charge >= 0.3 is 5.97 Å². The highest BCUT2D eigenvalue weighted by Gasteiger charge is 2.30. The molecular formula is C14H21NO4S2. The van der Waals surface area contributed by atoms with Crippen molar-refractivity contribution >= 4 is 27.8 Å². The Bertz CT molecular complexity index is 586. The molecule has 21 heavy (non-hydrogen) atoms. The number of rotatable bonds is 7. The molecular weight excluding hydrogens is 310 g/mol. The van der Waals surface area contributed by atoms with Gasteiger partial charge in [0.25, 0.3) is 0 Å². The average molecular weight is 331 g/mol. The summed E-state index contributed by atoms with van der Waals surface area (Å²) >= 11 is 1.59. The predicted molar refractivity (Wildman–Crippen MR) is 85.2 cm³/mol. The van der Waals surface area contributed by atoms with Crippen molar-refractivity contribution in [2.45, 2.75) is 24.3 Å². The minimum Gasteiger partial charge on any atom is -0.465 e. The van der Waals surface area contributed by atoms with E-state index in [4.69, 9.17) is 0 Å². The third kappa shape index (κ3) is 3.99. The molecule has 0 fully saturated rings. The van der Waals surface area contributed by atoms with Gasteiger partial charge < -0.3 is 4.74 Å². The van der Waals surface area contributed by atoms with Crippen molar-refractivity contribution in [3.8, 4) is 0 Å². The molecule has 5 nitrogen and oxygen atoms in total. The molecule has 7 heteroatoms. The van der Waals surface area contributed by atoms with E-state index < -0.39 is 16.0 Å². The highest BCUT2D eigenvalue weighted by atomic mass is 32.2. The Labute approximate surface area is 130 Å². The van der Waals surface area contributed by atoms with Gasteiger partial charge in [-0.1, -0.05) is 19.1 Å². The fourth-order valence-electron chi connectivity index (χ4n) is 1.99. The van der Waals surface area contributed by atoms with Gasteiger partial charge in [0.15, 0.2) is 0 Å². The first-order valence-corrected chi connectivity index (χ1v) is 9.37. The Morgan fingerprint density at radius 1 is 1.38 bits per heavy atom. The minimum atomic E-state index is -3.74. The minimum absolute atomic E-state index is 0.0149. The smallest absolute Gasteiger partial charge is 0.339 e. The lowest BCUT2D eigenvalue weighted by molar-refractivity contribution is 0.0596. The first kappa shape index (κ1) is 18.0. The summed E-state index contributed by atoms with van der Waals surface area (Å²) in [4.78, 5) is 11.7. The quantitative estimate of drug-likeness (QED) is 0.717. The van der Waals surface area contributed by atoms with Crippen LogP contribution in [0.2, 0.25) is 0 Å². The van der Waals surface area contributed by atoms with Crippen molar-refractivity contribution in [3.63, 3.8) is 0 Å². The standard InChI is InChI=1S/C14H21NO4S2/c1-5-11(10-20-4)15(2)21(17,18)13-9-7-6-8-12(13)14(16)19-3/h6-9,11H,5,10H2,1-4H3. The Hall–Kier alpha value is -1.05. The Morgan fingerprint density at radius 2 is 2.00 bits per heavy atom. The van der Waals surface area contributed by atoms with Crippen LogP contribution in [0.15, 0.2) is 29.2 Å². The van der Waals surface area contributed by atoms with Gasteiger partial charge in [-0.25, -0.2) is 13.2 Å². The van der Waals surface area contributed by atoms with Crippen molar-refractivity contribution in [1.82, 2.24) is 4.31 Å². The molecule has 118 valence electrons. The lowest BCUT2D eigenvalue weighted by atomic mass is 10.2. The Kier molecular flexibility index (Phi) is 6.70. The summed E-state index contributed by atoms with van der Waals surface area (Å²) in [6.45, 7) is 1.94. The highest BCUT2D eigenvalue weighted by Crippen LogP contribution is 2.23. The second-order valence-electron chi connectivity index (χ2n) is 4.53. The molecule has 0 aliphatic rings. The van der Waals surface area contributed by atoms with E-state index in [0.29, 0.717) is 12.2 Å². The molecule has 1 rings (SSSR count). The fraction of sp³-hybridized carbons (Fsp3) is 0.500. The Balaban J connectivity index is 3.28. The van der Waals surface area contributed by atoms with Crippen LogP contribution < -0.4 is 0 Å². The van der Waals surface area contributed by atoms with Gasteiger partial charge in [-0.2, -0.15) is 16.1 Å². The van der Waals surface area contributed by atoms with Crippen LogP contribution in [0, 0.1) is 0 Å². The molecule has 0 saturated heterocycles. The molecule has 1 aromatic rings. The van der Waals surface area contributed by atoms with Crippen LogP contribution in [0.3, 0.4) is 0 Å². The molecule has 0 N–H and O–H groups in total. The van der Waals surface area contributed by atoms with E-state index in [-0.39, 0.29) is 16.5 Å². The summed E-state index contributed by atoms with van der Waals surface area (Å²) in [5.41, 5.74) is 0.0610. The molecule has 0 radical (unpaired) electrons. The molecule has 0 aliphatic carbocycles. The van der Waals surface area contributed by atoms with Crippen molar-refractivity contribution in [1.29, 1.82) is 0 Å². The van der Waals surface area contributed by atoms with Gasteiger partial charge in [0.1, 0.15) is 0 Å². The summed E-state index contributed by atoms with van der Waals surface area (Å²) in [5, 5.41) is 0. The molecule has 0 amide bonds. The molecule has 0 saturated carbocycles. The predicted octanol–water partition coefficient (Wildman–Crippen LogP) is 2.24. The summed E-state index contributed by atoms with van der Waals surface area (Å²) in [7, 11) is -0.956. The third-order valence-electron chi connectivity index (χ3n) is 3.29. The Morgan fingerprint density at radius 3 is 2.52 bits per heavy atom. The number of nitrogens with zero attached hydrogens (tertiary/aromatic N) is 1. The van der Waals surface area contributed by atoms with E-state index in [2.05, 4.69) is 4.74 Å². The van der Waals surface area contributed by atoms with Crippen LogP contribution in [0.5, 0.6) is 0 Å². The molecule has 0 heterocycles. The maximum Gasteiger partial charge on any atom is 0.339 e. The molecule has 0 aromatic heterocycles. The van der Waals surface area contributed by atoms with Gasteiger partial charge in [-0.3, -0.25) is 0 Å². The number of ether oxygens (including phenoxy) is 1. The van der Waals surface area contributed by atoms with Gasteiger partial charge in [0.05, 0.1) is 17.6 Å². The fourth-order valence-corrected chi connectivity index (χ4v) is 4.54. The molecule has 0 aliphatic heterocycles. The number of hydrogen-bond donors (Lipinski definition) is 0. The van der Waals surface area contributed by atoms with Crippen LogP contribution in [0.4, 0.5) is 0 Å². The van der Waals surface area contributed by atoms with Crippen LogP contribution in [0.1, 0.15) is 23.7 Å². The maximum atomic E-state index is 12.8. The number of methoxy groups -OCH3 is 1. The van der Waals surface area contributed by atoms with Crippen LogP contribution in [0.25, 0.3) is 0 Å². The van der Waals surface area contributed by atoms with Crippen molar-refractivity contribution in [2.75, 3.05) is 26.2 Å². The lowest BCUT2D eigenvalue weighted by Crippen LogP contribution is -2.38. The van der Waals surface area contributed by atoms with E-state index in [1.165, 1.54) is 23.5 Å². The second kappa shape index (κ2) is 7.82. The molecule has 0 bridgehead atoms. The molecule has 1 aromatic carbocycles. The van der Waals surface area contributed by atoms with E-state index in [1.54, 1.807) is 30.9 Å². The number of carbonyl (C=O) groups is 1. The lowest BCUT2D eigenvalue weighted by Gasteiger charge is -2.26. The van der Waals surface area contributed by atoms with Crippen LogP contribution in [-0.2, 0) is 14.8 Å². The van der Waals surface area contributed by atoms with E-state index in [1.807, 2.05) is 13.2 Å². The van der Waals surface area contributed by atoms with Crippen molar-refractivity contribution in [2.24, 2.45) is 0 Å². The van der Waals surface area contributed by atoms with Gasteiger partial charge in [0, 0.05) is 18.8 Å². The molecule has 0 spiro atoms. The summed E-state index contributed by atoms with van der Waals surface area (Å²) in [6.07, 6.45) is 2.64. The summed E-state index contributed by atoms with van der Waals surface area (Å²) < 4.78 is 31.5. The third-order valence-corrected chi connectivity index (χ3v) is 5.98. The van der Waals surface area contributed by atoms with Crippen LogP contribution >= 0.6 is 11.8 Å². The monoisotopic (exact) mass is 331 g/mol. The number of thioether (sulfide) groups is 1. The highest BCUT2D eigenvalue weighted by molar-refractivity contribution is 7.98. The molecule has 1 unspecified atom stereocenters. The number of hydrogen-bond acceptors (Lipinski definition) is 5. The number of sulfonamides is 1. The average Bonchev–Trinajstić information content (AvgIpc) is 2.51. The van der Waals surface area contributed by atoms with E-state index in [9.17, 15) is 13.2 Å². The zero-order chi connectivity index (χ0) is 16.0. The van der Waals surface area contributed by atoms with Gasteiger partial charge in [-0.15, -0.1) is 0 Å².